The van der Waals surface area contributed by atoms with Crippen molar-refractivity contribution < 1.29 is 4.79 Å². The number of aryl methyl sites for hydroxylation is 1. The van der Waals surface area contributed by atoms with Crippen molar-refractivity contribution in [2.75, 3.05) is 0 Å². The Morgan fingerprint density at radius 2 is 2.04 bits per heavy atom. The van der Waals surface area contributed by atoms with Gasteiger partial charge in [-0.1, -0.05) is 31.4 Å². The van der Waals surface area contributed by atoms with Gasteiger partial charge in [0.1, 0.15) is 0 Å². The number of fused-ring (bicyclic) bond motifs is 3. The number of carbonyl (C=O) groups excluding carboxylic acids is 1. The average Bonchev–Trinajstić information content (AvgIpc) is 3.10. The van der Waals surface area contributed by atoms with Crippen LogP contribution in [0.2, 0.25) is 0 Å². The van der Waals surface area contributed by atoms with Crippen LogP contribution in [0, 0.1) is 6.92 Å². The maximum atomic E-state index is 12.3. The Labute approximate surface area is 146 Å². The van der Waals surface area contributed by atoms with Gasteiger partial charge in [-0.3, -0.25) is 4.79 Å². The molecule has 0 aliphatic heterocycles. The van der Waals surface area contributed by atoms with Crippen molar-refractivity contribution in [1.82, 2.24) is 24.9 Å². The molecule has 130 valence electrons. The third-order valence-corrected chi connectivity index (χ3v) is 5.26. The highest BCUT2D eigenvalue weighted by molar-refractivity contribution is 5.84. The van der Waals surface area contributed by atoms with Crippen molar-refractivity contribution in [3.8, 4) is 0 Å². The molecule has 4 rings (SSSR count). The van der Waals surface area contributed by atoms with Crippen molar-refractivity contribution in [2.45, 2.75) is 58.5 Å². The normalized spacial score (nSPS) is 15.8. The van der Waals surface area contributed by atoms with Crippen LogP contribution in [-0.4, -0.2) is 36.9 Å². The first-order valence-corrected chi connectivity index (χ1v) is 9.01. The molecule has 0 N–H and O–H groups in total. The van der Waals surface area contributed by atoms with Crippen LogP contribution in [0.15, 0.2) is 24.3 Å². The van der Waals surface area contributed by atoms with E-state index in [2.05, 4.69) is 46.7 Å². The zero-order valence-electron chi connectivity index (χ0n) is 14.8. The van der Waals surface area contributed by atoms with Gasteiger partial charge in [0.2, 0.25) is 5.91 Å². The highest BCUT2D eigenvalue weighted by Crippen LogP contribution is 2.26. The highest BCUT2D eigenvalue weighted by atomic mass is 16.2. The van der Waals surface area contributed by atoms with Crippen LogP contribution in [-0.2, 0) is 11.3 Å². The molecule has 1 saturated carbocycles. The molecule has 6 heteroatoms. The molecule has 0 saturated heterocycles. The monoisotopic (exact) mass is 337 g/mol. The molecule has 3 aromatic rings. The molecule has 0 radical (unpaired) electrons. The van der Waals surface area contributed by atoms with Gasteiger partial charge in [-0.15, -0.1) is 5.10 Å². The summed E-state index contributed by atoms with van der Waals surface area (Å²) in [7, 11) is 0. The summed E-state index contributed by atoms with van der Waals surface area (Å²) < 4.78 is 1.79. The summed E-state index contributed by atoms with van der Waals surface area (Å²) in [4.78, 5) is 14.3. The van der Waals surface area contributed by atoms with Gasteiger partial charge in [-0.25, -0.2) is 0 Å². The molecule has 1 fully saturated rings. The zero-order valence-corrected chi connectivity index (χ0v) is 14.8. The minimum Gasteiger partial charge on any atom is -0.335 e. The van der Waals surface area contributed by atoms with Crippen LogP contribution >= 0.6 is 0 Å². The van der Waals surface area contributed by atoms with E-state index in [-0.39, 0.29) is 5.91 Å². The van der Waals surface area contributed by atoms with Crippen LogP contribution in [0.1, 0.15) is 50.2 Å². The standard InChI is InChI=1S/C19H23N5O/c1-13-8-9-15-11-16(19-20-21-22-24(19)18(15)10-13)12-23(14(2)25)17-6-4-3-5-7-17/h8-11,17H,3-7,12H2,1-2H3. The number of hydrogen-bond donors (Lipinski definition) is 0. The maximum absolute atomic E-state index is 12.3. The minimum atomic E-state index is 0.126. The third kappa shape index (κ3) is 2.97. The molecule has 0 atom stereocenters. The van der Waals surface area contributed by atoms with Crippen molar-refractivity contribution in [3.05, 3.63) is 35.4 Å². The van der Waals surface area contributed by atoms with E-state index in [1.807, 2.05) is 4.90 Å². The van der Waals surface area contributed by atoms with E-state index in [4.69, 9.17) is 0 Å². The van der Waals surface area contributed by atoms with Crippen LogP contribution in [0.5, 0.6) is 0 Å². The van der Waals surface area contributed by atoms with Gasteiger partial charge < -0.3 is 4.90 Å². The number of hydrogen-bond acceptors (Lipinski definition) is 4. The van der Waals surface area contributed by atoms with E-state index in [9.17, 15) is 4.79 Å². The summed E-state index contributed by atoms with van der Waals surface area (Å²) in [5, 5.41) is 13.3. The summed E-state index contributed by atoms with van der Waals surface area (Å²) in [6, 6.07) is 8.72. The summed E-state index contributed by atoms with van der Waals surface area (Å²) in [6.45, 7) is 4.29. The number of pyridine rings is 1. The average molecular weight is 337 g/mol. The van der Waals surface area contributed by atoms with Crippen molar-refractivity contribution in [3.63, 3.8) is 0 Å². The number of rotatable bonds is 3. The molecule has 2 aromatic heterocycles. The van der Waals surface area contributed by atoms with E-state index in [1.165, 1.54) is 24.8 Å². The number of benzene rings is 1. The fourth-order valence-corrected chi connectivity index (χ4v) is 3.95. The maximum Gasteiger partial charge on any atom is 0.219 e. The molecule has 1 amide bonds. The molecule has 1 aliphatic rings. The Morgan fingerprint density at radius 3 is 2.80 bits per heavy atom. The predicted octanol–water partition coefficient (Wildman–Crippen LogP) is 3.27. The lowest BCUT2D eigenvalue weighted by molar-refractivity contribution is -0.132. The van der Waals surface area contributed by atoms with Crippen molar-refractivity contribution in [1.29, 1.82) is 0 Å². The number of nitrogens with zero attached hydrogens (tertiary/aromatic N) is 5. The van der Waals surface area contributed by atoms with E-state index in [1.54, 1.807) is 11.4 Å². The summed E-state index contributed by atoms with van der Waals surface area (Å²) in [5.41, 5.74) is 3.91. The lowest BCUT2D eigenvalue weighted by atomic mass is 9.93. The summed E-state index contributed by atoms with van der Waals surface area (Å²) in [5.74, 6) is 0.126. The molecule has 0 unspecified atom stereocenters. The number of tetrazole rings is 1. The SMILES string of the molecule is CC(=O)N(Cc1cc2ccc(C)cc2n2nnnc12)C1CCCCC1. The Hall–Kier alpha value is -2.50. The number of amides is 1. The topological polar surface area (TPSA) is 63.4 Å². The first-order chi connectivity index (χ1) is 12.1. The fourth-order valence-electron chi connectivity index (χ4n) is 3.95. The molecule has 0 spiro atoms. The van der Waals surface area contributed by atoms with Crippen LogP contribution in [0.25, 0.3) is 16.6 Å². The Bertz CT molecular complexity index is 926. The second-order valence-corrected chi connectivity index (χ2v) is 7.08. The quantitative estimate of drug-likeness (QED) is 0.736. The fraction of sp³-hybridized carbons (Fsp3) is 0.474. The molecule has 1 aliphatic carbocycles. The van der Waals surface area contributed by atoms with Crippen molar-refractivity contribution >= 4 is 22.5 Å². The van der Waals surface area contributed by atoms with Crippen LogP contribution in [0.3, 0.4) is 0 Å². The van der Waals surface area contributed by atoms with Crippen molar-refractivity contribution in [2.24, 2.45) is 0 Å². The van der Waals surface area contributed by atoms with Gasteiger partial charge >= 0.3 is 0 Å². The highest BCUT2D eigenvalue weighted by Gasteiger charge is 2.24. The van der Waals surface area contributed by atoms with E-state index in [0.29, 0.717) is 12.6 Å². The van der Waals surface area contributed by atoms with Gasteiger partial charge in [0.25, 0.3) is 0 Å². The Kier molecular flexibility index (Phi) is 4.11. The minimum absolute atomic E-state index is 0.126. The molecular weight excluding hydrogens is 314 g/mol. The molecule has 6 nitrogen and oxygen atoms in total. The van der Waals surface area contributed by atoms with E-state index >= 15 is 0 Å². The van der Waals surface area contributed by atoms with E-state index < -0.39 is 0 Å². The lowest BCUT2D eigenvalue weighted by Crippen LogP contribution is -2.39. The lowest BCUT2D eigenvalue weighted by Gasteiger charge is -2.33. The van der Waals surface area contributed by atoms with Gasteiger partial charge in [0.05, 0.1) is 5.52 Å². The largest absolute Gasteiger partial charge is 0.335 e. The second-order valence-electron chi connectivity index (χ2n) is 7.08. The third-order valence-electron chi connectivity index (χ3n) is 5.26. The zero-order chi connectivity index (χ0) is 17.4. The molecule has 1 aromatic carbocycles. The first kappa shape index (κ1) is 16.0. The summed E-state index contributed by atoms with van der Waals surface area (Å²) in [6.07, 6.45) is 5.86. The molecule has 0 bridgehead atoms. The second kappa shape index (κ2) is 6.43. The Balaban J connectivity index is 1.77. The van der Waals surface area contributed by atoms with Gasteiger partial charge in [0, 0.05) is 30.5 Å². The molecular formula is C19H23N5O. The number of carbonyl (C=O) groups is 1. The smallest absolute Gasteiger partial charge is 0.219 e. The predicted molar refractivity (Wildman–Crippen MR) is 96.1 cm³/mol. The Morgan fingerprint density at radius 1 is 1.24 bits per heavy atom. The van der Waals surface area contributed by atoms with E-state index in [0.717, 1.165) is 35.0 Å². The van der Waals surface area contributed by atoms with Gasteiger partial charge in [-0.2, -0.15) is 4.52 Å². The van der Waals surface area contributed by atoms with Gasteiger partial charge in [-0.05, 0) is 47.9 Å². The van der Waals surface area contributed by atoms with Crippen LogP contribution in [0.4, 0.5) is 0 Å². The summed E-state index contributed by atoms with van der Waals surface area (Å²) >= 11 is 0. The van der Waals surface area contributed by atoms with Gasteiger partial charge in [0.15, 0.2) is 5.65 Å². The molecule has 2 heterocycles. The van der Waals surface area contributed by atoms with Crippen LogP contribution < -0.4 is 0 Å². The number of aromatic nitrogens is 4. The molecule has 25 heavy (non-hydrogen) atoms. The first-order valence-electron chi connectivity index (χ1n) is 9.01.